The molecule has 1 amide bonds. The molecule has 0 aliphatic rings. The maximum absolute atomic E-state index is 12.3. The van der Waals surface area contributed by atoms with Crippen molar-refractivity contribution in [3.05, 3.63) is 58.6 Å². The quantitative estimate of drug-likeness (QED) is 0.782. The molecular formula is C19H20ClNO4. The van der Waals surface area contributed by atoms with Crippen LogP contribution in [0.4, 0.5) is 5.69 Å². The van der Waals surface area contributed by atoms with Crippen molar-refractivity contribution in [3.63, 3.8) is 0 Å². The molecule has 0 aliphatic carbocycles. The summed E-state index contributed by atoms with van der Waals surface area (Å²) < 4.78 is 10.4. The average Bonchev–Trinajstić information content (AvgIpc) is 2.59. The fourth-order valence-electron chi connectivity index (χ4n) is 2.13. The highest BCUT2D eigenvalue weighted by Crippen LogP contribution is 2.23. The Morgan fingerprint density at radius 2 is 1.84 bits per heavy atom. The van der Waals surface area contributed by atoms with E-state index < -0.39 is 12.1 Å². The predicted molar refractivity (Wildman–Crippen MR) is 97.3 cm³/mol. The van der Waals surface area contributed by atoms with Crippen molar-refractivity contribution >= 4 is 29.2 Å². The van der Waals surface area contributed by atoms with Crippen molar-refractivity contribution in [2.24, 2.45) is 0 Å². The van der Waals surface area contributed by atoms with Gasteiger partial charge in [-0.1, -0.05) is 17.7 Å². The van der Waals surface area contributed by atoms with Crippen molar-refractivity contribution in [2.45, 2.75) is 26.9 Å². The number of carbonyl (C=O) groups excluding carboxylic acids is 2. The van der Waals surface area contributed by atoms with Gasteiger partial charge in [0, 0.05) is 16.3 Å². The molecule has 0 radical (unpaired) electrons. The molecule has 1 atom stereocenters. The topological polar surface area (TPSA) is 64.6 Å². The van der Waals surface area contributed by atoms with Gasteiger partial charge >= 0.3 is 5.97 Å². The van der Waals surface area contributed by atoms with Crippen LogP contribution in [0.3, 0.4) is 0 Å². The largest absolute Gasteiger partial charge is 0.479 e. The summed E-state index contributed by atoms with van der Waals surface area (Å²) >= 11 is 6.05. The molecule has 0 fully saturated rings. The fourth-order valence-corrected chi connectivity index (χ4v) is 2.31. The van der Waals surface area contributed by atoms with Gasteiger partial charge in [-0.2, -0.15) is 0 Å². The Morgan fingerprint density at radius 3 is 2.48 bits per heavy atom. The monoisotopic (exact) mass is 361 g/mol. The minimum Gasteiger partial charge on any atom is -0.479 e. The molecule has 6 heteroatoms. The van der Waals surface area contributed by atoms with Crippen LogP contribution in [0.2, 0.25) is 5.02 Å². The zero-order valence-corrected chi connectivity index (χ0v) is 15.1. The van der Waals surface area contributed by atoms with Crippen LogP contribution in [0.25, 0.3) is 0 Å². The standard InChI is InChI=1S/C19H20ClNO4/c1-4-24-19(23)13(3)25-15-10-8-14(9-11-15)18(22)21-17-7-5-6-16(20)12(17)2/h5-11,13H,4H2,1-3H3,(H,21,22). The zero-order chi connectivity index (χ0) is 18.4. The van der Waals surface area contributed by atoms with Crippen molar-refractivity contribution in [2.75, 3.05) is 11.9 Å². The van der Waals surface area contributed by atoms with Gasteiger partial charge in [-0.05, 0) is 62.7 Å². The van der Waals surface area contributed by atoms with E-state index in [1.165, 1.54) is 0 Å². The van der Waals surface area contributed by atoms with Gasteiger partial charge in [0.25, 0.3) is 5.91 Å². The summed E-state index contributed by atoms with van der Waals surface area (Å²) in [7, 11) is 0. The van der Waals surface area contributed by atoms with E-state index in [4.69, 9.17) is 21.1 Å². The second-order valence-electron chi connectivity index (χ2n) is 5.40. The van der Waals surface area contributed by atoms with Crippen molar-refractivity contribution in [1.29, 1.82) is 0 Å². The molecule has 5 nitrogen and oxygen atoms in total. The normalized spacial score (nSPS) is 11.5. The molecule has 0 aliphatic heterocycles. The van der Waals surface area contributed by atoms with Gasteiger partial charge in [0.2, 0.25) is 0 Å². The summed E-state index contributed by atoms with van der Waals surface area (Å²) in [5.74, 6) is -0.202. The number of rotatable bonds is 6. The fraction of sp³-hybridized carbons (Fsp3) is 0.263. The number of nitrogens with one attached hydrogen (secondary N) is 1. The Balaban J connectivity index is 2.03. The van der Waals surface area contributed by atoms with E-state index in [0.717, 1.165) is 5.56 Å². The van der Waals surface area contributed by atoms with Gasteiger partial charge in [-0.3, -0.25) is 4.79 Å². The molecule has 2 aromatic carbocycles. The van der Waals surface area contributed by atoms with E-state index >= 15 is 0 Å². The number of hydrogen-bond acceptors (Lipinski definition) is 4. The van der Waals surface area contributed by atoms with Crippen molar-refractivity contribution in [1.82, 2.24) is 0 Å². The number of esters is 1. The molecule has 0 bridgehead atoms. The van der Waals surface area contributed by atoms with Crippen LogP contribution in [-0.4, -0.2) is 24.6 Å². The highest BCUT2D eigenvalue weighted by molar-refractivity contribution is 6.31. The molecule has 25 heavy (non-hydrogen) atoms. The molecule has 2 rings (SSSR count). The van der Waals surface area contributed by atoms with Gasteiger partial charge in [0.05, 0.1) is 6.61 Å². The molecule has 1 unspecified atom stereocenters. The van der Waals surface area contributed by atoms with Crippen LogP contribution in [0.15, 0.2) is 42.5 Å². The molecule has 132 valence electrons. The second-order valence-corrected chi connectivity index (χ2v) is 5.81. The lowest BCUT2D eigenvalue weighted by atomic mass is 10.1. The van der Waals surface area contributed by atoms with E-state index in [2.05, 4.69) is 5.32 Å². The van der Waals surface area contributed by atoms with E-state index in [1.807, 2.05) is 6.92 Å². The molecule has 1 N–H and O–H groups in total. The summed E-state index contributed by atoms with van der Waals surface area (Å²) in [4.78, 5) is 23.9. The van der Waals surface area contributed by atoms with Crippen LogP contribution in [-0.2, 0) is 9.53 Å². The van der Waals surface area contributed by atoms with Gasteiger partial charge in [-0.15, -0.1) is 0 Å². The van der Waals surface area contributed by atoms with Crippen LogP contribution in [0.1, 0.15) is 29.8 Å². The lowest BCUT2D eigenvalue weighted by molar-refractivity contribution is -0.150. The SMILES string of the molecule is CCOC(=O)C(C)Oc1ccc(C(=O)Nc2cccc(Cl)c2C)cc1. The molecule has 0 aromatic heterocycles. The van der Waals surface area contributed by atoms with Gasteiger partial charge in [0.1, 0.15) is 5.75 Å². The number of amides is 1. The number of hydrogen-bond donors (Lipinski definition) is 1. The first-order valence-corrected chi connectivity index (χ1v) is 8.30. The predicted octanol–water partition coefficient (Wildman–Crippen LogP) is 4.23. The minimum absolute atomic E-state index is 0.254. The molecule has 0 saturated heterocycles. The smallest absolute Gasteiger partial charge is 0.347 e. The molecular weight excluding hydrogens is 342 g/mol. The maximum Gasteiger partial charge on any atom is 0.347 e. The number of halogens is 1. The van der Waals surface area contributed by atoms with E-state index in [9.17, 15) is 9.59 Å². The third kappa shape index (κ3) is 4.97. The minimum atomic E-state index is -0.714. The first-order chi connectivity index (χ1) is 11.9. The van der Waals surface area contributed by atoms with Crippen LogP contribution >= 0.6 is 11.6 Å². The van der Waals surface area contributed by atoms with Gasteiger partial charge < -0.3 is 14.8 Å². The first kappa shape index (κ1) is 18.8. The van der Waals surface area contributed by atoms with Crippen LogP contribution in [0.5, 0.6) is 5.75 Å². The zero-order valence-electron chi connectivity index (χ0n) is 14.3. The van der Waals surface area contributed by atoms with E-state index in [0.29, 0.717) is 28.6 Å². The van der Waals surface area contributed by atoms with Crippen molar-refractivity contribution < 1.29 is 19.1 Å². The van der Waals surface area contributed by atoms with E-state index in [1.54, 1.807) is 56.3 Å². The summed E-state index contributed by atoms with van der Waals surface area (Å²) in [6.45, 7) is 5.49. The first-order valence-electron chi connectivity index (χ1n) is 7.92. The highest BCUT2D eigenvalue weighted by atomic mass is 35.5. The Kier molecular flexibility index (Phi) is 6.42. The lowest BCUT2D eigenvalue weighted by Gasteiger charge is -2.14. The van der Waals surface area contributed by atoms with Crippen LogP contribution in [0, 0.1) is 6.92 Å². The molecule has 0 heterocycles. The molecule has 2 aromatic rings. The lowest BCUT2D eigenvalue weighted by Crippen LogP contribution is -2.26. The Labute approximate surface area is 151 Å². The average molecular weight is 362 g/mol. The Morgan fingerprint density at radius 1 is 1.16 bits per heavy atom. The maximum atomic E-state index is 12.3. The summed E-state index contributed by atoms with van der Waals surface area (Å²) in [6, 6.07) is 11.9. The van der Waals surface area contributed by atoms with Gasteiger partial charge in [-0.25, -0.2) is 4.79 Å². The van der Waals surface area contributed by atoms with Crippen molar-refractivity contribution in [3.8, 4) is 5.75 Å². The highest BCUT2D eigenvalue weighted by Gasteiger charge is 2.16. The summed E-state index contributed by atoms with van der Waals surface area (Å²) in [5.41, 5.74) is 1.94. The number of anilines is 1. The number of carbonyl (C=O) groups is 2. The third-order valence-corrected chi connectivity index (χ3v) is 3.97. The number of benzene rings is 2. The summed E-state index contributed by atoms with van der Waals surface area (Å²) in [5, 5.41) is 3.42. The van der Waals surface area contributed by atoms with Gasteiger partial charge in [0.15, 0.2) is 6.10 Å². The van der Waals surface area contributed by atoms with Crippen LogP contribution < -0.4 is 10.1 Å². The third-order valence-electron chi connectivity index (χ3n) is 3.56. The summed E-state index contributed by atoms with van der Waals surface area (Å²) in [6.07, 6.45) is -0.714. The molecule has 0 spiro atoms. The van der Waals surface area contributed by atoms with E-state index in [-0.39, 0.29) is 5.91 Å². The number of ether oxygens (including phenoxy) is 2. The second kappa shape index (κ2) is 8.53. The Hall–Kier alpha value is -2.53. The Bertz CT molecular complexity index is 759. The molecule has 0 saturated carbocycles.